The van der Waals surface area contributed by atoms with Crippen molar-refractivity contribution in [1.82, 2.24) is 10.6 Å². The summed E-state index contributed by atoms with van der Waals surface area (Å²) in [5, 5.41) is 7.26. The Morgan fingerprint density at radius 2 is 2.07 bits per heavy atom. The van der Waals surface area contributed by atoms with Gasteiger partial charge < -0.3 is 10.6 Å². The van der Waals surface area contributed by atoms with E-state index in [0.717, 1.165) is 17.4 Å². The Balaban J connectivity index is 1.44. The summed E-state index contributed by atoms with van der Waals surface area (Å²) in [6.45, 7) is 3.73. The monoisotopic (exact) mass is 194 g/mol. The number of nitrogens with one attached hydrogen (secondary N) is 2. The molecule has 0 radical (unpaired) electrons. The molecular weight excluding hydrogens is 172 g/mol. The van der Waals surface area contributed by atoms with E-state index in [9.17, 15) is 0 Å². The highest BCUT2D eigenvalue weighted by molar-refractivity contribution is 5.05. The molecular formula is C12H22N2. The minimum absolute atomic E-state index is 0.764. The Labute approximate surface area is 86.8 Å². The van der Waals surface area contributed by atoms with Crippen LogP contribution in [-0.4, -0.2) is 25.7 Å². The largest absolute Gasteiger partial charge is 0.315 e. The maximum absolute atomic E-state index is 3.78. The summed E-state index contributed by atoms with van der Waals surface area (Å²) in [6, 6.07) is 0.764. The van der Waals surface area contributed by atoms with Crippen LogP contribution in [-0.2, 0) is 0 Å². The molecule has 14 heavy (non-hydrogen) atoms. The van der Waals surface area contributed by atoms with Crippen molar-refractivity contribution in [2.75, 3.05) is 19.6 Å². The van der Waals surface area contributed by atoms with E-state index in [-0.39, 0.29) is 0 Å². The minimum atomic E-state index is 0.764. The molecule has 0 aromatic rings. The summed E-state index contributed by atoms with van der Waals surface area (Å²) in [4.78, 5) is 0. The third-order valence-electron chi connectivity index (χ3n) is 4.38. The Morgan fingerprint density at radius 3 is 2.64 bits per heavy atom. The van der Waals surface area contributed by atoms with Crippen LogP contribution >= 0.6 is 0 Å². The standard InChI is InChI=1S/C12H22N2/c1-2-11(8-13-7-1)14-9-12(5-6-12)10-3-4-10/h10-11,13-14H,1-9H2. The summed E-state index contributed by atoms with van der Waals surface area (Å²) >= 11 is 0. The lowest BCUT2D eigenvalue weighted by Gasteiger charge is -2.26. The highest BCUT2D eigenvalue weighted by atomic mass is 15.0. The summed E-state index contributed by atoms with van der Waals surface area (Å²) < 4.78 is 0. The van der Waals surface area contributed by atoms with Crippen LogP contribution in [0.5, 0.6) is 0 Å². The van der Waals surface area contributed by atoms with Gasteiger partial charge in [-0.1, -0.05) is 0 Å². The molecule has 0 bridgehead atoms. The van der Waals surface area contributed by atoms with Crippen molar-refractivity contribution in [3.05, 3.63) is 0 Å². The molecule has 1 heterocycles. The van der Waals surface area contributed by atoms with Crippen LogP contribution < -0.4 is 10.6 Å². The van der Waals surface area contributed by atoms with Gasteiger partial charge in [-0.05, 0) is 56.4 Å². The van der Waals surface area contributed by atoms with Gasteiger partial charge in [0.25, 0.3) is 0 Å². The Hall–Kier alpha value is -0.0800. The number of hydrogen-bond donors (Lipinski definition) is 2. The first-order valence-electron chi connectivity index (χ1n) is 6.33. The molecule has 0 spiro atoms. The van der Waals surface area contributed by atoms with Gasteiger partial charge in [0.2, 0.25) is 0 Å². The van der Waals surface area contributed by atoms with Crippen LogP contribution in [0.25, 0.3) is 0 Å². The van der Waals surface area contributed by atoms with E-state index in [1.165, 1.54) is 58.2 Å². The second-order valence-corrected chi connectivity index (χ2v) is 5.56. The molecule has 3 rings (SSSR count). The molecule has 3 fully saturated rings. The average Bonchev–Trinajstić information content (AvgIpc) is 3.08. The van der Waals surface area contributed by atoms with Crippen LogP contribution in [0.3, 0.4) is 0 Å². The fourth-order valence-corrected chi connectivity index (χ4v) is 2.96. The second kappa shape index (κ2) is 3.49. The van der Waals surface area contributed by atoms with Crippen molar-refractivity contribution in [3.63, 3.8) is 0 Å². The molecule has 0 aromatic heterocycles. The maximum Gasteiger partial charge on any atom is 0.0193 e. The van der Waals surface area contributed by atoms with Crippen molar-refractivity contribution in [2.24, 2.45) is 11.3 Å². The maximum atomic E-state index is 3.78. The van der Waals surface area contributed by atoms with Gasteiger partial charge in [-0.2, -0.15) is 0 Å². The van der Waals surface area contributed by atoms with Crippen LogP contribution in [0.15, 0.2) is 0 Å². The summed E-state index contributed by atoms with van der Waals surface area (Å²) in [5.41, 5.74) is 0.775. The molecule has 2 heteroatoms. The quantitative estimate of drug-likeness (QED) is 0.709. The number of piperidine rings is 1. The molecule has 2 nitrogen and oxygen atoms in total. The Bertz CT molecular complexity index is 200. The molecule has 0 aromatic carbocycles. The molecule has 3 aliphatic rings. The lowest BCUT2D eigenvalue weighted by Crippen LogP contribution is -2.45. The summed E-state index contributed by atoms with van der Waals surface area (Å²) in [5.74, 6) is 1.10. The Morgan fingerprint density at radius 1 is 1.21 bits per heavy atom. The first-order chi connectivity index (χ1) is 6.89. The van der Waals surface area contributed by atoms with Gasteiger partial charge in [0.1, 0.15) is 0 Å². The van der Waals surface area contributed by atoms with Crippen molar-refractivity contribution >= 4 is 0 Å². The normalized spacial score (nSPS) is 35.6. The smallest absolute Gasteiger partial charge is 0.0193 e. The van der Waals surface area contributed by atoms with Gasteiger partial charge in [-0.3, -0.25) is 0 Å². The van der Waals surface area contributed by atoms with Crippen LogP contribution in [0.2, 0.25) is 0 Å². The fourth-order valence-electron chi connectivity index (χ4n) is 2.96. The van der Waals surface area contributed by atoms with Crippen LogP contribution in [0.4, 0.5) is 0 Å². The van der Waals surface area contributed by atoms with E-state index in [1.807, 2.05) is 0 Å². The van der Waals surface area contributed by atoms with E-state index in [2.05, 4.69) is 10.6 Å². The van der Waals surface area contributed by atoms with Crippen LogP contribution in [0, 0.1) is 11.3 Å². The first kappa shape index (κ1) is 9.17. The third kappa shape index (κ3) is 1.82. The van der Waals surface area contributed by atoms with Gasteiger partial charge in [0, 0.05) is 19.1 Å². The van der Waals surface area contributed by atoms with Gasteiger partial charge >= 0.3 is 0 Å². The molecule has 2 N–H and O–H groups in total. The number of hydrogen-bond acceptors (Lipinski definition) is 2. The van der Waals surface area contributed by atoms with Gasteiger partial charge in [-0.15, -0.1) is 0 Å². The lowest BCUT2D eigenvalue weighted by molar-refractivity contribution is 0.331. The van der Waals surface area contributed by atoms with E-state index in [4.69, 9.17) is 0 Å². The lowest BCUT2D eigenvalue weighted by atomic mass is 9.99. The summed E-state index contributed by atoms with van der Waals surface area (Å²) in [6.07, 6.45) is 8.78. The molecule has 1 aliphatic heterocycles. The zero-order chi connectivity index (χ0) is 9.43. The van der Waals surface area contributed by atoms with E-state index >= 15 is 0 Å². The molecule has 0 amide bonds. The second-order valence-electron chi connectivity index (χ2n) is 5.56. The molecule has 2 aliphatic carbocycles. The third-order valence-corrected chi connectivity index (χ3v) is 4.38. The zero-order valence-electron chi connectivity index (χ0n) is 9.02. The van der Waals surface area contributed by atoms with E-state index in [1.54, 1.807) is 0 Å². The molecule has 1 unspecified atom stereocenters. The molecule has 1 saturated heterocycles. The molecule has 1 atom stereocenters. The van der Waals surface area contributed by atoms with Gasteiger partial charge in [-0.25, -0.2) is 0 Å². The number of rotatable bonds is 4. The van der Waals surface area contributed by atoms with E-state index < -0.39 is 0 Å². The van der Waals surface area contributed by atoms with Crippen LogP contribution in [0.1, 0.15) is 38.5 Å². The van der Waals surface area contributed by atoms with Crippen molar-refractivity contribution in [1.29, 1.82) is 0 Å². The van der Waals surface area contributed by atoms with Crippen molar-refractivity contribution in [3.8, 4) is 0 Å². The molecule has 80 valence electrons. The average molecular weight is 194 g/mol. The summed E-state index contributed by atoms with van der Waals surface area (Å²) in [7, 11) is 0. The highest BCUT2D eigenvalue weighted by Crippen LogP contribution is 2.60. The predicted octanol–water partition coefficient (Wildman–Crippen LogP) is 1.52. The zero-order valence-corrected chi connectivity index (χ0v) is 9.02. The van der Waals surface area contributed by atoms with Gasteiger partial charge in [0.05, 0.1) is 0 Å². The predicted molar refractivity (Wildman–Crippen MR) is 58.3 cm³/mol. The van der Waals surface area contributed by atoms with Crippen molar-refractivity contribution in [2.45, 2.75) is 44.6 Å². The first-order valence-corrected chi connectivity index (χ1v) is 6.33. The molecule has 2 saturated carbocycles. The minimum Gasteiger partial charge on any atom is -0.315 e. The fraction of sp³-hybridized carbons (Fsp3) is 1.00. The van der Waals surface area contributed by atoms with Gasteiger partial charge in [0.15, 0.2) is 0 Å². The topological polar surface area (TPSA) is 24.1 Å². The van der Waals surface area contributed by atoms with Crippen molar-refractivity contribution < 1.29 is 0 Å². The Kier molecular flexibility index (Phi) is 2.29. The SMILES string of the molecule is C1CNCC(NCC2(C3CC3)CC2)C1. The van der Waals surface area contributed by atoms with E-state index in [0.29, 0.717) is 0 Å². The highest BCUT2D eigenvalue weighted by Gasteiger charge is 2.53.